The summed E-state index contributed by atoms with van der Waals surface area (Å²) < 4.78 is 6.12. The van der Waals surface area contributed by atoms with E-state index in [2.05, 4.69) is 9.84 Å². The van der Waals surface area contributed by atoms with Crippen LogP contribution in [0.4, 0.5) is 0 Å². The van der Waals surface area contributed by atoms with Gasteiger partial charge in [-0.15, -0.1) is 0 Å². The highest BCUT2D eigenvalue weighted by atomic mass is 16.5. The van der Waals surface area contributed by atoms with Crippen molar-refractivity contribution in [2.75, 3.05) is 7.11 Å². The monoisotopic (exact) mass is 184 g/mol. The maximum atomic E-state index is 11.0. The van der Waals surface area contributed by atoms with Gasteiger partial charge < -0.3 is 4.74 Å². The van der Waals surface area contributed by atoms with E-state index in [1.54, 1.807) is 24.9 Å². The molecule has 4 heteroatoms. The van der Waals surface area contributed by atoms with Gasteiger partial charge in [0.1, 0.15) is 5.56 Å². The Kier molecular flexibility index (Phi) is 4.80. The molecule has 0 radical (unpaired) electrons. The Morgan fingerprint density at radius 3 is 2.38 bits per heavy atom. The van der Waals surface area contributed by atoms with Crippen molar-refractivity contribution in [3.8, 4) is 0 Å². The molecular weight excluding hydrogens is 168 g/mol. The molecule has 0 bridgehead atoms. The number of carbonyl (C=O) groups excluding carboxylic acids is 1. The van der Waals surface area contributed by atoms with Crippen LogP contribution < -0.4 is 0 Å². The first-order valence-corrected chi connectivity index (χ1v) is 4.23. The molecule has 1 heterocycles. The lowest BCUT2D eigenvalue weighted by Crippen LogP contribution is -2.01. The molecule has 0 fully saturated rings. The Labute approximate surface area is 78.5 Å². The van der Waals surface area contributed by atoms with Crippen molar-refractivity contribution >= 4 is 5.97 Å². The van der Waals surface area contributed by atoms with Gasteiger partial charge in [0.05, 0.1) is 12.8 Å². The summed E-state index contributed by atoms with van der Waals surface area (Å²) in [6.45, 7) is 5.77. The normalized spacial score (nSPS) is 8.69. The molecule has 0 saturated carbocycles. The summed E-state index contributed by atoms with van der Waals surface area (Å²) in [5.41, 5.74) is 1.22. The molecular formula is C9H16N2O2. The number of aromatic nitrogens is 2. The maximum Gasteiger partial charge on any atom is 0.341 e. The van der Waals surface area contributed by atoms with Crippen LogP contribution in [0.1, 0.15) is 29.9 Å². The smallest absolute Gasteiger partial charge is 0.341 e. The van der Waals surface area contributed by atoms with Gasteiger partial charge in [-0.1, -0.05) is 13.8 Å². The van der Waals surface area contributed by atoms with Crippen molar-refractivity contribution in [3.05, 3.63) is 17.5 Å². The molecule has 0 aromatic carbocycles. The van der Waals surface area contributed by atoms with Gasteiger partial charge in [-0.25, -0.2) is 4.79 Å². The zero-order chi connectivity index (χ0) is 10.4. The van der Waals surface area contributed by atoms with Gasteiger partial charge in [0.25, 0.3) is 0 Å². The second-order valence-electron chi connectivity index (χ2n) is 2.29. The van der Waals surface area contributed by atoms with Gasteiger partial charge in [-0.05, 0) is 6.92 Å². The minimum atomic E-state index is -0.337. The molecule has 0 aliphatic heterocycles. The average Bonchev–Trinajstić information content (AvgIpc) is 2.47. The lowest BCUT2D eigenvalue weighted by atomic mass is 10.3. The Balaban J connectivity index is 0.000000671. The topological polar surface area (TPSA) is 44.1 Å². The van der Waals surface area contributed by atoms with Crippen molar-refractivity contribution in [2.24, 2.45) is 7.05 Å². The third-order valence-corrected chi connectivity index (χ3v) is 1.42. The minimum Gasteiger partial charge on any atom is -0.465 e. The molecule has 0 aliphatic carbocycles. The predicted molar refractivity (Wildman–Crippen MR) is 50.6 cm³/mol. The van der Waals surface area contributed by atoms with Crippen LogP contribution in [0, 0.1) is 6.92 Å². The van der Waals surface area contributed by atoms with E-state index >= 15 is 0 Å². The fourth-order valence-corrected chi connectivity index (χ4v) is 0.910. The Morgan fingerprint density at radius 2 is 2.08 bits per heavy atom. The van der Waals surface area contributed by atoms with Crippen molar-refractivity contribution in [2.45, 2.75) is 20.8 Å². The standard InChI is InChI=1S/C7H10N2O2.C2H6/c1-5-6(7(10)11-3)4-9(2)8-5;1-2/h4H,1-3H3;1-2H3. The molecule has 0 saturated heterocycles. The molecule has 1 rings (SSSR count). The van der Waals surface area contributed by atoms with E-state index in [9.17, 15) is 4.79 Å². The summed E-state index contributed by atoms with van der Waals surface area (Å²) in [6, 6.07) is 0. The Bertz CT molecular complexity index is 279. The number of nitrogens with zero attached hydrogens (tertiary/aromatic N) is 2. The Morgan fingerprint density at radius 1 is 1.54 bits per heavy atom. The number of carbonyl (C=O) groups is 1. The quantitative estimate of drug-likeness (QED) is 0.622. The van der Waals surface area contributed by atoms with Crippen LogP contribution in [0.25, 0.3) is 0 Å². The van der Waals surface area contributed by atoms with E-state index in [4.69, 9.17) is 0 Å². The summed E-state index contributed by atoms with van der Waals surface area (Å²) in [5.74, 6) is -0.337. The summed E-state index contributed by atoms with van der Waals surface area (Å²) >= 11 is 0. The van der Waals surface area contributed by atoms with Gasteiger partial charge in [0.15, 0.2) is 0 Å². The minimum absolute atomic E-state index is 0.337. The SMILES string of the molecule is CC.COC(=O)c1cn(C)nc1C. The highest BCUT2D eigenvalue weighted by Gasteiger charge is 2.11. The number of hydrogen-bond donors (Lipinski definition) is 0. The predicted octanol–water partition coefficient (Wildman–Crippen LogP) is 1.54. The van der Waals surface area contributed by atoms with Gasteiger partial charge in [0, 0.05) is 13.2 Å². The second-order valence-corrected chi connectivity index (χ2v) is 2.29. The zero-order valence-electron chi connectivity index (χ0n) is 8.79. The van der Waals surface area contributed by atoms with E-state index in [1.165, 1.54) is 7.11 Å². The van der Waals surface area contributed by atoms with Crippen molar-refractivity contribution < 1.29 is 9.53 Å². The molecule has 4 nitrogen and oxygen atoms in total. The van der Waals surface area contributed by atoms with Crippen LogP contribution in [0.3, 0.4) is 0 Å². The first-order valence-electron chi connectivity index (χ1n) is 4.23. The molecule has 0 unspecified atom stereocenters. The molecule has 0 atom stereocenters. The van der Waals surface area contributed by atoms with Gasteiger partial charge >= 0.3 is 5.97 Å². The van der Waals surface area contributed by atoms with E-state index in [-0.39, 0.29) is 5.97 Å². The number of methoxy groups -OCH3 is 1. The van der Waals surface area contributed by atoms with Gasteiger partial charge in [-0.2, -0.15) is 5.10 Å². The van der Waals surface area contributed by atoms with Crippen LogP contribution in [0.15, 0.2) is 6.20 Å². The fourth-order valence-electron chi connectivity index (χ4n) is 0.910. The van der Waals surface area contributed by atoms with E-state index in [0.717, 1.165) is 0 Å². The highest BCUT2D eigenvalue weighted by molar-refractivity contribution is 5.90. The van der Waals surface area contributed by atoms with Crippen LogP contribution in [-0.2, 0) is 11.8 Å². The number of hydrogen-bond acceptors (Lipinski definition) is 3. The number of esters is 1. The van der Waals surface area contributed by atoms with Crippen LogP contribution in [0.5, 0.6) is 0 Å². The molecule has 0 spiro atoms. The fraction of sp³-hybridized carbons (Fsp3) is 0.556. The maximum absolute atomic E-state index is 11.0. The lowest BCUT2D eigenvalue weighted by Gasteiger charge is -1.93. The van der Waals surface area contributed by atoms with Crippen LogP contribution in [-0.4, -0.2) is 22.9 Å². The third kappa shape index (κ3) is 2.89. The zero-order valence-corrected chi connectivity index (χ0v) is 8.79. The first-order chi connectivity index (χ1) is 6.15. The largest absolute Gasteiger partial charge is 0.465 e. The number of ether oxygens (including phenoxy) is 1. The summed E-state index contributed by atoms with van der Waals surface area (Å²) in [4.78, 5) is 11.0. The van der Waals surface area contributed by atoms with Crippen LogP contribution in [0.2, 0.25) is 0 Å². The molecule has 0 amide bonds. The van der Waals surface area contributed by atoms with Gasteiger partial charge in [-0.3, -0.25) is 4.68 Å². The van der Waals surface area contributed by atoms with E-state index in [0.29, 0.717) is 11.3 Å². The molecule has 13 heavy (non-hydrogen) atoms. The van der Waals surface area contributed by atoms with Crippen LogP contribution >= 0.6 is 0 Å². The average molecular weight is 184 g/mol. The van der Waals surface area contributed by atoms with E-state index in [1.807, 2.05) is 13.8 Å². The van der Waals surface area contributed by atoms with Crippen molar-refractivity contribution in [3.63, 3.8) is 0 Å². The lowest BCUT2D eigenvalue weighted by molar-refractivity contribution is 0.0600. The molecule has 0 N–H and O–H groups in total. The van der Waals surface area contributed by atoms with E-state index < -0.39 is 0 Å². The molecule has 74 valence electrons. The summed E-state index contributed by atoms with van der Waals surface area (Å²) in [7, 11) is 3.12. The highest BCUT2D eigenvalue weighted by Crippen LogP contribution is 2.05. The Hall–Kier alpha value is -1.32. The van der Waals surface area contributed by atoms with Gasteiger partial charge in [0.2, 0.25) is 0 Å². The first kappa shape index (κ1) is 11.7. The summed E-state index contributed by atoms with van der Waals surface area (Å²) in [5, 5.41) is 4.00. The molecule has 1 aromatic rings. The molecule has 1 aromatic heterocycles. The van der Waals surface area contributed by atoms with Crippen molar-refractivity contribution in [1.82, 2.24) is 9.78 Å². The third-order valence-electron chi connectivity index (χ3n) is 1.42. The number of aryl methyl sites for hydroxylation is 2. The molecule has 0 aliphatic rings. The second kappa shape index (κ2) is 5.35. The summed E-state index contributed by atoms with van der Waals surface area (Å²) in [6.07, 6.45) is 1.64. The van der Waals surface area contributed by atoms with Crippen molar-refractivity contribution in [1.29, 1.82) is 0 Å². The number of rotatable bonds is 1.